The third-order valence-electron chi connectivity index (χ3n) is 5.23. The largest absolute Gasteiger partial charge is 0.489 e. The second kappa shape index (κ2) is 8.93. The highest BCUT2D eigenvalue weighted by molar-refractivity contribution is 6.21. The molecule has 5 heteroatoms. The Kier molecular flexibility index (Phi) is 5.91. The van der Waals surface area contributed by atoms with Gasteiger partial charge in [-0.25, -0.2) is 0 Å². The lowest BCUT2D eigenvalue weighted by Gasteiger charge is -2.21. The Balaban J connectivity index is 1.36. The molecule has 4 rings (SSSR count). The second-order valence-electron chi connectivity index (χ2n) is 7.25. The van der Waals surface area contributed by atoms with Crippen molar-refractivity contribution in [3.05, 3.63) is 101 Å². The van der Waals surface area contributed by atoms with Gasteiger partial charge in [0.25, 0.3) is 11.8 Å². The number of benzene rings is 3. The summed E-state index contributed by atoms with van der Waals surface area (Å²) in [6.45, 7) is 0.732. The molecule has 1 unspecified atom stereocenters. The van der Waals surface area contributed by atoms with E-state index >= 15 is 0 Å². The first-order valence-corrected chi connectivity index (χ1v) is 9.89. The van der Waals surface area contributed by atoms with Crippen molar-refractivity contribution in [2.24, 2.45) is 0 Å². The zero-order valence-corrected chi connectivity index (χ0v) is 16.8. The number of ether oxygens (including phenoxy) is 2. The van der Waals surface area contributed by atoms with E-state index in [1.165, 1.54) is 4.90 Å². The standard InChI is InChI=1S/C25H23NO4/c1-29-21(16-26-24(27)22-9-5-6-10-23(22)25(26)28)15-18-11-13-20(14-12-18)30-17-19-7-3-2-4-8-19/h2-14,21H,15-17H2,1H3. The fraction of sp³-hybridized carbons (Fsp3) is 0.200. The van der Waals surface area contributed by atoms with Crippen LogP contribution in [0.4, 0.5) is 0 Å². The fourth-order valence-electron chi connectivity index (χ4n) is 3.56. The van der Waals surface area contributed by atoms with Gasteiger partial charge in [0.15, 0.2) is 0 Å². The van der Waals surface area contributed by atoms with Crippen LogP contribution in [0.3, 0.4) is 0 Å². The van der Waals surface area contributed by atoms with Crippen LogP contribution in [0.2, 0.25) is 0 Å². The topological polar surface area (TPSA) is 55.8 Å². The molecule has 0 aliphatic carbocycles. The first-order chi connectivity index (χ1) is 14.7. The summed E-state index contributed by atoms with van der Waals surface area (Å²) in [5.74, 6) is 0.265. The number of hydrogen-bond donors (Lipinski definition) is 0. The summed E-state index contributed by atoms with van der Waals surface area (Å²) in [4.78, 5) is 26.4. The molecular formula is C25H23NO4. The molecule has 0 radical (unpaired) electrons. The number of hydrogen-bond acceptors (Lipinski definition) is 4. The van der Waals surface area contributed by atoms with Gasteiger partial charge in [0.2, 0.25) is 0 Å². The molecule has 1 aliphatic heterocycles. The first-order valence-electron chi connectivity index (χ1n) is 9.89. The summed E-state index contributed by atoms with van der Waals surface area (Å²) in [7, 11) is 1.60. The summed E-state index contributed by atoms with van der Waals surface area (Å²) in [5, 5.41) is 0. The summed E-state index contributed by atoms with van der Waals surface area (Å²) in [6.07, 6.45) is 0.298. The van der Waals surface area contributed by atoms with E-state index in [1.807, 2.05) is 54.6 Å². The first kappa shape index (κ1) is 19.9. The molecule has 0 bridgehead atoms. The van der Waals surface area contributed by atoms with E-state index < -0.39 is 0 Å². The highest BCUT2D eigenvalue weighted by atomic mass is 16.5. The van der Waals surface area contributed by atoms with Crippen molar-refractivity contribution in [1.82, 2.24) is 4.90 Å². The smallest absolute Gasteiger partial charge is 0.261 e. The third kappa shape index (κ3) is 4.26. The van der Waals surface area contributed by atoms with Crippen molar-refractivity contribution in [3.63, 3.8) is 0 Å². The molecule has 0 aromatic heterocycles. The van der Waals surface area contributed by atoms with E-state index in [9.17, 15) is 9.59 Å². The molecule has 0 saturated heterocycles. The molecule has 1 aliphatic rings. The number of carbonyl (C=O) groups excluding carboxylic acids is 2. The van der Waals surface area contributed by atoms with Gasteiger partial charge in [-0.15, -0.1) is 0 Å². The minimum atomic E-state index is -0.289. The molecule has 3 aromatic carbocycles. The van der Waals surface area contributed by atoms with Gasteiger partial charge >= 0.3 is 0 Å². The number of nitrogens with zero attached hydrogens (tertiary/aromatic N) is 1. The van der Waals surface area contributed by atoms with Gasteiger partial charge in [0, 0.05) is 13.5 Å². The minimum absolute atomic E-state index is 0.217. The van der Waals surface area contributed by atoms with Gasteiger partial charge in [-0.3, -0.25) is 14.5 Å². The minimum Gasteiger partial charge on any atom is -0.489 e. The highest BCUT2D eigenvalue weighted by Crippen LogP contribution is 2.23. The average molecular weight is 401 g/mol. The zero-order valence-electron chi connectivity index (χ0n) is 16.8. The summed E-state index contributed by atoms with van der Waals surface area (Å²) >= 11 is 0. The van der Waals surface area contributed by atoms with Crippen molar-refractivity contribution < 1.29 is 19.1 Å². The van der Waals surface area contributed by atoms with Crippen LogP contribution in [0, 0.1) is 0 Å². The maximum atomic E-state index is 12.6. The third-order valence-corrected chi connectivity index (χ3v) is 5.23. The van der Waals surface area contributed by atoms with Crippen molar-refractivity contribution in [1.29, 1.82) is 0 Å². The molecule has 2 amide bonds. The molecule has 0 fully saturated rings. The van der Waals surface area contributed by atoms with Crippen molar-refractivity contribution in [2.45, 2.75) is 19.1 Å². The summed E-state index contributed by atoms with van der Waals surface area (Å²) < 4.78 is 11.4. The predicted molar refractivity (Wildman–Crippen MR) is 114 cm³/mol. The lowest BCUT2D eigenvalue weighted by atomic mass is 10.1. The van der Waals surface area contributed by atoms with E-state index in [0.29, 0.717) is 24.2 Å². The Bertz CT molecular complexity index is 996. The molecular weight excluding hydrogens is 378 g/mol. The molecule has 152 valence electrons. The average Bonchev–Trinajstić information content (AvgIpc) is 3.03. The van der Waals surface area contributed by atoms with Crippen LogP contribution in [0.15, 0.2) is 78.9 Å². The number of carbonyl (C=O) groups is 2. The summed E-state index contributed by atoms with van der Waals surface area (Å²) in [6, 6.07) is 24.7. The zero-order chi connectivity index (χ0) is 20.9. The maximum absolute atomic E-state index is 12.6. The Morgan fingerprint density at radius 3 is 1.97 bits per heavy atom. The lowest BCUT2D eigenvalue weighted by molar-refractivity contribution is 0.0442. The molecule has 1 atom stereocenters. The van der Waals surface area contributed by atoms with E-state index in [0.717, 1.165) is 16.9 Å². The van der Waals surface area contributed by atoms with E-state index in [-0.39, 0.29) is 24.5 Å². The van der Waals surface area contributed by atoms with Crippen LogP contribution in [-0.4, -0.2) is 36.5 Å². The van der Waals surface area contributed by atoms with Crippen LogP contribution in [0.5, 0.6) is 5.75 Å². The van der Waals surface area contributed by atoms with Crippen molar-refractivity contribution >= 4 is 11.8 Å². The quantitative estimate of drug-likeness (QED) is 0.533. The second-order valence-corrected chi connectivity index (χ2v) is 7.25. The Morgan fingerprint density at radius 2 is 1.37 bits per heavy atom. The van der Waals surface area contributed by atoms with E-state index in [4.69, 9.17) is 9.47 Å². The highest BCUT2D eigenvalue weighted by Gasteiger charge is 2.36. The fourth-order valence-corrected chi connectivity index (χ4v) is 3.56. The van der Waals surface area contributed by atoms with E-state index in [2.05, 4.69) is 0 Å². The van der Waals surface area contributed by atoms with Gasteiger partial charge < -0.3 is 9.47 Å². The SMILES string of the molecule is COC(Cc1ccc(OCc2ccccc2)cc1)CN1C(=O)c2ccccc2C1=O. The molecule has 0 N–H and O–H groups in total. The number of imide groups is 1. The predicted octanol–water partition coefficient (Wildman–Crippen LogP) is 4.12. The van der Waals surface area contributed by atoms with Gasteiger partial charge in [-0.2, -0.15) is 0 Å². The van der Waals surface area contributed by atoms with Gasteiger partial charge in [-0.1, -0.05) is 54.6 Å². The van der Waals surface area contributed by atoms with Crippen LogP contribution >= 0.6 is 0 Å². The number of methoxy groups -OCH3 is 1. The molecule has 1 heterocycles. The van der Waals surface area contributed by atoms with Crippen LogP contribution < -0.4 is 4.74 Å². The molecule has 0 saturated carbocycles. The molecule has 30 heavy (non-hydrogen) atoms. The van der Waals surface area contributed by atoms with Crippen molar-refractivity contribution in [2.75, 3.05) is 13.7 Å². The number of rotatable bonds is 8. The lowest BCUT2D eigenvalue weighted by Crippen LogP contribution is -2.38. The maximum Gasteiger partial charge on any atom is 0.261 e. The molecule has 5 nitrogen and oxygen atoms in total. The van der Waals surface area contributed by atoms with Crippen molar-refractivity contribution in [3.8, 4) is 5.75 Å². The van der Waals surface area contributed by atoms with Crippen LogP contribution in [0.1, 0.15) is 31.8 Å². The van der Waals surface area contributed by atoms with Gasteiger partial charge in [0.05, 0.1) is 23.8 Å². The summed E-state index contributed by atoms with van der Waals surface area (Å²) in [5.41, 5.74) is 3.07. The monoisotopic (exact) mass is 401 g/mol. The number of fused-ring (bicyclic) bond motifs is 1. The van der Waals surface area contributed by atoms with E-state index in [1.54, 1.807) is 31.4 Å². The van der Waals surface area contributed by atoms with Gasteiger partial charge in [-0.05, 0) is 35.4 Å². The molecule has 3 aromatic rings. The normalized spacial score (nSPS) is 14.0. The Morgan fingerprint density at radius 1 is 0.767 bits per heavy atom. The Labute approximate surface area is 175 Å². The Hall–Kier alpha value is -3.44. The molecule has 0 spiro atoms. The van der Waals surface area contributed by atoms with Gasteiger partial charge in [0.1, 0.15) is 12.4 Å². The van der Waals surface area contributed by atoms with Crippen LogP contribution in [-0.2, 0) is 17.8 Å². The van der Waals surface area contributed by atoms with Crippen LogP contribution in [0.25, 0.3) is 0 Å². The number of amides is 2.